The molecule has 0 bridgehead atoms. The van der Waals surface area contributed by atoms with Crippen molar-refractivity contribution >= 4 is 93.2 Å². The molecule has 0 fully saturated rings. The van der Waals surface area contributed by atoms with Gasteiger partial charge in [-0.15, -0.1) is 0 Å². The molecule has 6 heteroatoms. The van der Waals surface area contributed by atoms with E-state index in [1.807, 2.05) is 0 Å². The van der Waals surface area contributed by atoms with Crippen LogP contribution in [0.1, 0.15) is 53.8 Å². The van der Waals surface area contributed by atoms with Gasteiger partial charge in [-0.3, -0.25) is 0 Å². The average molecular weight is 958 g/mol. The van der Waals surface area contributed by atoms with Crippen LogP contribution in [-0.2, 0) is 11.8 Å². The zero-order chi connectivity index (χ0) is 49.8. The van der Waals surface area contributed by atoms with Crippen molar-refractivity contribution in [3.8, 4) is 51.5 Å². The summed E-state index contributed by atoms with van der Waals surface area (Å²) in [7, 11) is 0. The van der Waals surface area contributed by atoms with E-state index in [2.05, 4.69) is 240 Å². The van der Waals surface area contributed by atoms with Crippen molar-refractivity contribution < 1.29 is 4.42 Å². The summed E-state index contributed by atoms with van der Waals surface area (Å²) in [5.41, 5.74) is 16.5. The minimum atomic E-state index is -0.245. The summed E-state index contributed by atoms with van der Waals surface area (Å²) >= 11 is 0. The maximum absolute atomic E-state index is 12.5. The summed E-state index contributed by atoms with van der Waals surface area (Å²) in [4.78, 5) is 0. The minimum Gasteiger partial charge on any atom is -0.456 e. The van der Waals surface area contributed by atoms with Crippen molar-refractivity contribution in [3.05, 3.63) is 228 Å². The Morgan fingerprint density at radius 2 is 0.987 bits per heavy atom. The maximum Gasteiger partial charge on any atom is 0.145 e. The van der Waals surface area contributed by atoms with E-state index >= 15 is 0 Å². The second-order valence-corrected chi connectivity index (χ2v) is 20.8. The van der Waals surface area contributed by atoms with Gasteiger partial charge in [0.25, 0.3) is 0 Å². The lowest BCUT2D eigenvalue weighted by Crippen LogP contribution is -2.15. The number of aryl methyl sites for hydroxylation is 1. The van der Waals surface area contributed by atoms with Crippen LogP contribution in [0.25, 0.3) is 133 Å². The predicted molar refractivity (Wildman–Crippen MR) is 307 cm³/mol. The van der Waals surface area contributed by atoms with Crippen LogP contribution in [0.2, 0.25) is 0 Å². The second-order valence-electron chi connectivity index (χ2n) is 20.8. The molecule has 4 aromatic heterocycles. The van der Waals surface area contributed by atoms with Gasteiger partial charge in [-0.1, -0.05) is 159 Å². The lowest BCUT2D eigenvalue weighted by Gasteiger charge is -2.27. The molecule has 0 unspecified atom stereocenters. The van der Waals surface area contributed by atoms with E-state index in [0.717, 1.165) is 122 Å². The summed E-state index contributed by atoms with van der Waals surface area (Å²) in [5, 5.41) is 34.5. The number of hydrogen-bond donors (Lipinski definition) is 0. The Hall–Kier alpha value is -9.88. The standard InChI is InChI=1S/C69H43N5O/c1-69(2)53-25-11-5-19-43(53)50-37-41(31-34-54(50)69)62-66(72-55-26-12-6-20-44(55)45-21-7-13-27-56(45)72)51(38-70)65(52(39-71)67(62)73-57-28-14-8-22-46(57)47-23-9-15-29-58(47)73)74-59-35-32-40-17-3-4-18-42(40)63(59)64-60(74)36-33-49-48-24-10-16-30-61(48)75-68(49)64/h3-9,11-23,25-37H,10,24H2,1-2H3. The van der Waals surface area contributed by atoms with Crippen molar-refractivity contribution in [2.45, 2.75) is 32.1 Å². The van der Waals surface area contributed by atoms with Crippen molar-refractivity contribution in [1.82, 2.24) is 13.7 Å². The Morgan fingerprint density at radius 3 is 1.61 bits per heavy atom. The minimum absolute atomic E-state index is 0.245. The summed E-state index contributed by atoms with van der Waals surface area (Å²) in [6.45, 7) is 4.61. The van der Waals surface area contributed by atoms with Crippen LogP contribution in [0, 0.1) is 22.7 Å². The topological polar surface area (TPSA) is 75.5 Å². The number of hydrogen-bond acceptors (Lipinski definition) is 3. The van der Waals surface area contributed by atoms with Gasteiger partial charge in [0.05, 0.1) is 55.5 Å². The van der Waals surface area contributed by atoms with E-state index in [1.54, 1.807) is 0 Å². The molecule has 75 heavy (non-hydrogen) atoms. The lowest BCUT2D eigenvalue weighted by molar-refractivity contribution is 0.598. The van der Waals surface area contributed by atoms with Crippen LogP contribution in [0.3, 0.4) is 0 Å². The molecule has 16 rings (SSSR count). The fraction of sp³-hybridized carbons (Fsp3) is 0.0725. The largest absolute Gasteiger partial charge is 0.456 e. The highest BCUT2D eigenvalue weighted by Gasteiger charge is 2.38. The predicted octanol–water partition coefficient (Wildman–Crippen LogP) is 17.6. The molecule has 0 N–H and O–H groups in total. The van der Waals surface area contributed by atoms with Crippen molar-refractivity contribution in [2.75, 3.05) is 0 Å². The van der Waals surface area contributed by atoms with Gasteiger partial charge in [-0.2, -0.15) is 10.5 Å². The molecule has 2 aliphatic carbocycles. The van der Waals surface area contributed by atoms with E-state index in [9.17, 15) is 10.5 Å². The second kappa shape index (κ2) is 15.1. The first kappa shape index (κ1) is 41.7. The molecule has 0 saturated heterocycles. The van der Waals surface area contributed by atoms with Gasteiger partial charge in [-0.05, 0) is 106 Å². The zero-order valence-corrected chi connectivity index (χ0v) is 41.1. The molecule has 4 heterocycles. The first-order valence-corrected chi connectivity index (χ1v) is 25.8. The first-order valence-electron chi connectivity index (χ1n) is 25.8. The Morgan fingerprint density at radius 1 is 0.467 bits per heavy atom. The molecule has 2 aliphatic rings. The molecular formula is C69H43N5O. The number of aromatic nitrogens is 3. The molecule has 350 valence electrons. The fourth-order valence-electron chi connectivity index (χ4n) is 13.6. The Kier molecular flexibility index (Phi) is 8.39. The third-order valence-corrected chi connectivity index (χ3v) is 16.8. The number of furan rings is 1. The summed E-state index contributed by atoms with van der Waals surface area (Å²) in [6.07, 6.45) is 6.13. The van der Waals surface area contributed by atoms with E-state index in [0.29, 0.717) is 28.2 Å². The Balaban J connectivity index is 1.19. The summed E-state index contributed by atoms with van der Waals surface area (Å²) < 4.78 is 13.8. The van der Waals surface area contributed by atoms with E-state index < -0.39 is 0 Å². The molecule has 14 aromatic rings. The smallest absolute Gasteiger partial charge is 0.145 e. The normalized spacial score (nSPS) is 13.7. The fourth-order valence-corrected chi connectivity index (χ4v) is 13.6. The monoisotopic (exact) mass is 957 g/mol. The quantitative estimate of drug-likeness (QED) is 0.176. The van der Waals surface area contributed by atoms with Gasteiger partial charge in [0.2, 0.25) is 0 Å². The number of nitriles is 2. The molecular weight excluding hydrogens is 915 g/mol. The first-order chi connectivity index (χ1) is 36.9. The highest BCUT2D eigenvalue weighted by atomic mass is 16.3. The highest BCUT2D eigenvalue weighted by Crippen LogP contribution is 2.54. The van der Waals surface area contributed by atoms with Gasteiger partial charge in [-0.25, -0.2) is 0 Å². The number of rotatable bonds is 4. The molecule has 6 nitrogen and oxygen atoms in total. The van der Waals surface area contributed by atoms with E-state index in [-0.39, 0.29) is 5.41 Å². The molecule has 0 spiro atoms. The van der Waals surface area contributed by atoms with Crippen molar-refractivity contribution in [3.63, 3.8) is 0 Å². The van der Waals surface area contributed by atoms with Gasteiger partial charge >= 0.3 is 0 Å². The number of fused-ring (bicyclic) bond motifs is 18. The van der Waals surface area contributed by atoms with E-state index in [1.165, 1.54) is 22.3 Å². The van der Waals surface area contributed by atoms with Gasteiger partial charge in [0, 0.05) is 48.9 Å². The Bertz CT molecular complexity index is 4750. The lowest BCUT2D eigenvalue weighted by atomic mass is 9.82. The van der Waals surface area contributed by atoms with Crippen LogP contribution >= 0.6 is 0 Å². The van der Waals surface area contributed by atoms with Crippen LogP contribution in [0.15, 0.2) is 199 Å². The van der Waals surface area contributed by atoms with Gasteiger partial charge in [0.15, 0.2) is 0 Å². The number of nitrogens with zero attached hydrogens (tertiary/aromatic N) is 5. The SMILES string of the molecule is CC1(C)c2ccccc2-c2cc(-c3c(-n4c5ccccc5c5ccccc54)c(C#N)c(-n4c5ccc6ccccc6c5c5c6oc7c(c6ccc54)CCC=C7)c(C#N)c3-n3c4ccccc4c4ccccc43)ccc21. The van der Waals surface area contributed by atoms with Gasteiger partial charge in [0.1, 0.15) is 34.6 Å². The number of para-hydroxylation sites is 4. The van der Waals surface area contributed by atoms with Crippen molar-refractivity contribution in [2.24, 2.45) is 0 Å². The third-order valence-electron chi connectivity index (χ3n) is 16.8. The highest BCUT2D eigenvalue weighted by molar-refractivity contribution is 6.28. The molecule has 0 aliphatic heterocycles. The Labute approximate surface area is 431 Å². The molecule has 10 aromatic carbocycles. The summed E-state index contributed by atoms with van der Waals surface area (Å²) in [5.74, 6) is 0.882. The van der Waals surface area contributed by atoms with Crippen molar-refractivity contribution in [1.29, 1.82) is 10.5 Å². The average Bonchev–Trinajstić information content (AvgIpc) is 4.39. The van der Waals surface area contributed by atoms with Crippen LogP contribution in [0.4, 0.5) is 0 Å². The van der Waals surface area contributed by atoms with Crippen LogP contribution < -0.4 is 0 Å². The van der Waals surface area contributed by atoms with Gasteiger partial charge < -0.3 is 18.1 Å². The summed E-state index contributed by atoms with van der Waals surface area (Å²) in [6, 6.07) is 72.6. The maximum atomic E-state index is 12.5. The molecule has 0 amide bonds. The number of benzene rings is 10. The van der Waals surface area contributed by atoms with Crippen LogP contribution in [0.5, 0.6) is 0 Å². The zero-order valence-electron chi connectivity index (χ0n) is 41.1. The molecule has 0 atom stereocenters. The molecule has 0 radical (unpaired) electrons. The van der Waals surface area contributed by atoms with Crippen LogP contribution in [-0.4, -0.2) is 13.7 Å². The third kappa shape index (κ3) is 5.40. The molecule has 0 saturated carbocycles. The number of allylic oxidation sites excluding steroid dienone is 1. The van der Waals surface area contributed by atoms with E-state index in [4.69, 9.17) is 4.42 Å².